The number of hydrazine groups is 1. The Morgan fingerprint density at radius 2 is 2.62 bits per heavy atom. The van der Waals surface area contributed by atoms with Gasteiger partial charge in [0.15, 0.2) is 0 Å². The number of nitrogens with two attached hydrogens (primary N) is 1. The van der Waals surface area contributed by atoms with E-state index in [9.17, 15) is 0 Å². The first-order valence-electron chi connectivity index (χ1n) is 5.76. The van der Waals surface area contributed by atoms with Crippen molar-refractivity contribution in [3.8, 4) is 0 Å². The van der Waals surface area contributed by atoms with Crippen LogP contribution in [0.4, 0.5) is 0 Å². The van der Waals surface area contributed by atoms with Crippen molar-refractivity contribution in [1.29, 1.82) is 0 Å². The Bertz CT molecular complexity index is 323. The van der Waals surface area contributed by atoms with Crippen LogP contribution in [0.5, 0.6) is 0 Å². The predicted octanol–water partition coefficient (Wildman–Crippen LogP) is 1.40. The Balaban J connectivity index is 1.84. The maximum Gasteiger partial charge on any atom is 0.0897 e. The van der Waals surface area contributed by atoms with Crippen molar-refractivity contribution in [3.63, 3.8) is 0 Å². The normalized spacial score (nSPS) is 22.5. The molecule has 2 rings (SSSR count). The van der Waals surface area contributed by atoms with Gasteiger partial charge in [0.2, 0.25) is 0 Å². The van der Waals surface area contributed by atoms with E-state index in [2.05, 4.69) is 15.8 Å². The fourth-order valence-electron chi connectivity index (χ4n) is 2.11. The van der Waals surface area contributed by atoms with Crippen molar-refractivity contribution >= 4 is 11.3 Å². The van der Waals surface area contributed by atoms with Crippen molar-refractivity contribution < 1.29 is 4.74 Å². The SMILES string of the molecule is Cc1nc(CC(CC2CCCO2)NN)cs1. The number of rotatable bonds is 5. The average Bonchev–Trinajstić information content (AvgIpc) is 2.89. The minimum Gasteiger partial charge on any atom is -0.378 e. The van der Waals surface area contributed by atoms with E-state index in [1.807, 2.05) is 6.92 Å². The van der Waals surface area contributed by atoms with Crippen LogP contribution in [0.25, 0.3) is 0 Å². The number of thiazole rings is 1. The molecule has 1 saturated heterocycles. The number of nitrogens with one attached hydrogen (secondary N) is 1. The lowest BCUT2D eigenvalue weighted by atomic mass is 10.0. The van der Waals surface area contributed by atoms with Crippen LogP contribution in [-0.4, -0.2) is 23.7 Å². The van der Waals surface area contributed by atoms with Gasteiger partial charge in [0, 0.05) is 24.4 Å². The molecule has 16 heavy (non-hydrogen) atoms. The number of aromatic nitrogens is 1. The summed E-state index contributed by atoms with van der Waals surface area (Å²) in [7, 11) is 0. The molecule has 4 nitrogen and oxygen atoms in total. The molecule has 0 bridgehead atoms. The Morgan fingerprint density at radius 3 is 3.19 bits per heavy atom. The minimum absolute atomic E-state index is 0.268. The highest BCUT2D eigenvalue weighted by molar-refractivity contribution is 7.09. The molecule has 3 N–H and O–H groups in total. The van der Waals surface area contributed by atoms with E-state index in [1.54, 1.807) is 11.3 Å². The van der Waals surface area contributed by atoms with Crippen LogP contribution in [0.15, 0.2) is 5.38 Å². The third kappa shape index (κ3) is 3.25. The molecule has 1 aromatic rings. The predicted molar refractivity (Wildman–Crippen MR) is 65.3 cm³/mol. The van der Waals surface area contributed by atoms with Gasteiger partial charge in [0.1, 0.15) is 0 Å². The second kappa shape index (κ2) is 5.72. The lowest BCUT2D eigenvalue weighted by molar-refractivity contribution is 0.0945. The van der Waals surface area contributed by atoms with Gasteiger partial charge in [-0.15, -0.1) is 11.3 Å². The van der Waals surface area contributed by atoms with Gasteiger partial charge in [-0.25, -0.2) is 4.98 Å². The lowest BCUT2D eigenvalue weighted by Gasteiger charge is -2.18. The maximum absolute atomic E-state index is 5.61. The first kappa shape index (κ1) is 12.0. The van der Waals surface area contributed by atoms with Crippen molar-refractivity contribution in [3.05, 3.63) is 16.1 Å². The highest BCUT2D eigenvalue weighted by Crippen LogP contribution is 2.19. The molecule has 1 aliphatic rings. The van der Waals surface area contributed by atoms with Crippen LogP contribution in [0.1, 0.15) is 30.0 Å². The van der Waals surface area contributed by atoms with E-state index in [4.69, 9.17) is 10.6 Å². The van der Waals surface area contributed by atoms with E-state index >= 15 is 0 Å². The third-order valence-electron chi connectivity index (χ3n) is 2.93. The average molecular weight is 241 g/mol. The summed E-state index contributed by atoms with van der Waals surface area (Å²) in [4.78, 5) is 4.46. The van der Waals surface area contributed by atoms with Crippen molar-refractivity contribution in [1.82, 2.24) is 10.4 Å². The van der Waals surface area contributed by atoms with Gasteiger partial charge >= 0.3 is 0 Å². The van der Waals surface area contributed by atoms with Gasteiger partial charge in [-0.05, 0) is 26.2 Å². The summed E-state index contributed by atoms with van der Waals surface area (Å²) in [6.07, 6.45) is 4.58. The zero-order valence-electron chi connectivity index (χ0n) is 9.61. The molecular weight excluding hydrogens is 222 g/mol. The minimum atomic E-state index is 0.268. The molecule has 1 aromatic heterocycles. The summed E-state index contributed by atoms with van der Waals surface area (Å²) in [6, 6.07) is 0.268. The Morgan fingerprint density at radius 1 is 1.75 bits per heavy atom. The first-order valence-corrected chi connectivity index (χ1v) is 6.64. The van der Waals surface area contributed by atoms with Crippen molar-refractivity contribution in [2.75, 3.05) is 6.61 Å². The number of hydrogen-bond donors (Lipinski definition) is 2. The van der Waals surface area contributed by atoms with Gasteiger partial charge in [-0.2, -0.15) is 0 Å². The fourth-order valence-corrected chi connectivity index (χ4v) is 2.74. The standard InChI is InChI=1S/C11H19N3OS/c1-8-13-10(7-16-8)5-9(14-12)6-11-3-2-4-15-11/h7,9,11,14H,2-6,12H2,1H3. The van der Waals surface area contributed by atoms with Gasteiger partial charge in [0.25, 0.3) is 0 Å². The molecule has 1 aliphatic heterocycles. The number of aryl methyl sites for hydroxylation is 1. The van der Waals surface area contributed by atoms with Crippen LogP contribution < -0.4 is 11.3 Å². The molecule has 0 radical (unpaired) electrons. The fraction of sp³-hybridized carbons (Fsp3) is 0.727. The van der Waals surface area contributed by atoms with Crippen molar-refractivity contribution in [2.45, 2.75) is 44.8 Å². The quantitative estimate of drug-likeness (QED) is 0.604. The van der Waals surface area contributed by atoms with Crippen LogP contribution in [0.2, 0.25) is 0 Å². The molecule has 5 heteroatoms. The van der Waals surface area contributed by atoms with Gasteiger partial charge in [-0.1, -0.05) is 0 Å². The molecule has 2 unspecified atom stereocenters. The summed E-state index contributed by atoms with van der Waals surface area (Å²) >= 11 is 1.69. The summed E-state index contributed by atoms with van der Waals surface area (Å²) in [6.45, 7) is 2.93. The summed E-state index contributed by atoms with van der Waals surface area (Å²) in [5, 5.41) is 3.22. The molecule has 0 aromatic carbocycles. The zero-order valence-corrected chi connectivity index (χ0v) is 10.4. The zero-order chi connectivity index (χ0) is 11.4. The monoisotopic (exact) mass is 241 g/mol. The van der Waals surface area contributed by atoms with Gasteiger partial charge < -0.3 is 4.74 Å². The first-order chi connectivity index (χ1) is 7.78. The van der Waals surface area contributed by atoms with E-state index in [0.717, 1.165) is 36.6 Å². The lowest BCUT2D eigenvalue weighted by Crippen LogP contribution is -2.39. The van der Waals surface area contributed by atoms with E-state index in [-0.39, 0.29) is 6.04 Å². The van der Waals surface area contributed by atoms with E-state index in [0.29, 0.717) is 6.10 Å². The molecule has 0 aliphatic carbocycles. The van der Waals surface area contributed by atoms with Crippen LogP contribution in [0, 0.1) is 6.92 Å². The Labute approximate surface area is 100 Å². The molecule has 90 valence electrons. The topological polar surface area (TPSA) is 60.2 Å². The van der Waals surface area contributed by atoms with E-state index in [1.165, 1.54) is 6.42 Å². The summed E-state index contributed by atoms with van der Waals surface area (Å²) < 4.78 is 5.61. The third-order valence-corrected chi connectivity index (χ3v) is 3.75. The molecule has 0 amide bonds. The maximum atomic E-state index is 5.61. The molecule has 2 atom stereocenters. The van der Waals surface area contributed by atoms with Crippen LogP contribution in [0.3, 0.4) is 0 Å². The molecule has 1 fully saturated rings. The highest BCUT2D eigenvalue weighted by atomic mass is 32.1. The van der Waals surface area contributed by atoms with Crippen LogP contribution >= 0.6 is 11.3 Å². The second-order valence-corrected chi connectivity index (χ2v) is 5.36. The molecule has 0 saturated carbocycles. The van der Waals surface area contributed by atoms with Gasteiger partial charge in [-0.3, -0.25) is 11.3 Å². The van der Waals surface area contributed by atoms with Crippen LogP contribution in [-0.2, 0) is 11.2 Å². The Kier molecular flexibility index (Phi) is 4.29. The number of nitrogens with zero attached hydrogens (tertiary/aromatic N) is 1. The largest absolute Gasteiger partial charge is 0.378 e. The second-order valence-electron chi connectivity index (χ2n) is 4.30. The summed E-state index contributed by atoms with van der Waals surface area (Å²) in [5.41, 5.74) is 4.00. The molecule has 2 heterocycles. The van der Waals surface area contributed by atoms with E-state index < -0.39 is 0 Å². The summed E-state index contributed by atoms with van der Waals surface area (Å²) in [5.74, 6) is 5.58. The van der Waals surface area contributed by atoms with Crippen molar-refractivity contribution in [2.24, 2.45) is 5.84 Å². The Hall–Kier alpha value is -0.490. The molecule has 0 spiro atoms. The number of ether oxygens (including phenoxy) is 1. The molecular formula is C11H19N3OS. The van der Waals surface area contributed by atoms with Gasteiger partial charge in [0.05, 0.1) is 16.8 Å². The highest BCUT2D eigenvalue weighted by Gasteiger charge is 2.20. The number of hydrogen-bond acceptors (Lipinski definition) is 5. The smallest absolute Gasteiger partial charge is 0.0897 e.